The lowest BCUT2D eigenvalue weighted by atomic mass is 9.96. The van der Waals surface area contributed by atoms with Crippen molar-refractivity contribution < 1.29 is 4.79 Å². The van der Waals surface area contributed by atoms with Gasteiger partial charge in [0, 0.05) is 30.7 Å². The van der Waals surface area contributed by atoms with Gasteiger partial charge < -0.3 is 15.5 Å². The third kappa shape index (κ3) is 4.75. The predicted octanol–water partition coefficient (Wildman–Crippen LogP) is 4.65. The zero-order valence-electron chi connectivity index (χ0n) is 13.8. The van der Waals surface area contributed by atoms with E-state index in [1.807, 2.05) is 18.3 Å². The van der Waals surface area contributed by atoms with Crippen LogP contribution in [0.15, 0.2) is 36.0 Å². The first-order valence-corrected chi connectivity index (χ1v) is 8.92. The molecule has 1 aliphatic heterocycles. The Morgan fingerprint density at radius 3 is 2.26 bits per heavy atom. The standard InChI is InChI=1S/C19H27N3O/c23-19(20-15-16-7-3-1-4-8-16)21-17-9-11-18(12-10-17)22-13-5-2-6-14-22/h9-12,15H,1-8,13-14H2,(H2,20,21,23). The Kier molecular flexibility index (Phi) is 5.56. The minimum atomic E-state index is -0.159. The number of piperidine rings is 1. The van der Waals surface area contributed by atoms with Gasteiger partial charge in [-0.15, -0.1) is 0 Å². The lowest BCUT2D eigenvalue weighted by molar-refractivity contribution is 0.255. The maximum absolute atomic E-state index is 12.0. The van der Waals surface area contributed by atoms with Gasteiger partial charge in [0.25, 0.3) is 0 Å². The van der Waals surface area contributed by atoms with Crippen LogP contribution in [0.25, 0.3) is 0 Å². The van der Waals surface area contributed by atoms with E-state index in [2.05, 4.69) is 27.7 Å². The molecule has 0 radical (unpaired) electrons. The summed E-state index contributed by atoms with van der Waals surface area (Å²) in [5, 5.41) is 5.75. The molecule has 0 aromatic heterocycles. The number of benzene rings is 1. The van der Waals surface area contributed by atoms with Crippen molar-refractivity contribution in [1.29, 1.82) is 0 Å². The Balaban J connectivity index is 1.50. The number of carbonyl (C=O) groups excluding carboxylic acids is 1. The van der Waals surface area contributed by atoms with Crippen LogP contribution in [-0.4, -0.2) is 19.1 Å². The minimum absolute atomic E-state index is 0.159. The zero-order valence-corrected chi connectivity index (χ0v) is 13.8. The molecule has 1 aromatic rings. The zero-order chi connectivity index (χ0) is 15.9. The van der Waals surface area contributed by atoms with Gasteiger partial charge in [-0.05, 0) is 69.2 Å². The molecular weight excluding hydrogens is 286 g/mol. The summed E-state index contributed by atoms with van der Waals surface area (Å²) < 4.78 is 0. The number of urea groups is 1. The highest BCUT2D eigenvalue weighted by Crippen LogP contribution is 2.23. The number of nitrogens with one attached hydrogen (secondary N) is 2. The molecule has 2 aliphatic rings. The van der Waals surface area contributed by atoms with Gasteiger partial charge in [0.1, 0.15) is 0 Å². The fraction of sp³-hybridized carbons (Fsp3) is 0.526. The molecule has 1 aromatic carbocycles. The van der Waals surface area contributed by atoms with E-state index in [4.69, 9.17) is 0 Å². The number of amides is 2. The van der Waals surface area contributed by atoms with Crippen molar-refractivity contribution in [3.63, 3.8) is 0 Å². The van der Waals surface area contributed by atoms with E-state index >= 15 is 0 Å². The van der Waals surface area contributed by atoms with E-state index in [9.17, 15) is 4.79 Å². The minimum Gasteiger partial charge on any atom is -0.372 e. The molecule has 0 spiro atoms. The first-order chi connectivity index (χ1) is 11.3. The molecule has 2 amide bonds. The van der Waals surface area contributed by atoms with Gasteiger partial charge in [0.15, 0.2) is 0 Å². The highest BCUT2D eigenvalue weighted by Gasteiger charge is 2.11. The van der Waals surface area contributed by atoms with Crippen molar-refractivity contribution in [3.8, 4) is 0 Å². The Labute approximate surface area is 138 Å². The van der Waals surface area contributed by atoms with Gasteiger partial charge >= 0.3 is 6.03 Å². The average molecular weight is 313 g/mol. The number of anilines is 2. The summed E-state index contributed by atoms with van der Waals surface area (Å²) >= 11 is 0. The van der Waals surface area contributed by atoms with E-state index in [-0.39, 0.29) is 6.03 Å². The molecule has 124 valence electrons. The van der Waals surface area contributed by atoms with E-state index < -0.39 is 0 Å². The summed E-state index contributed by atoms with van der Waals surface area (Å²) in [5.41, 5.74) is 3.44. The van der Waals surface area contributed by atoms with E-state index in [0.717, 1.165) is 31.6 Å². The van der Waals surface area contributed by atoms with E-state index in [0.29, 0.717) is 0 Å². The molecule has 1 saturated heterocycles. The van der Waals surface area contributed by atoms with Crippen LogP contribution >= 0.6 is 0 Å². The van der Waals surface area contributed by atoms with Crippen molar-refractivity contribution >= 4 is 17.4 Å². The Morgan fingerprint density at radius 1 is 0.913 bits per heavy atom. The van der Waals surface area contributed by atoms with Crippen molar-refractivity contribution in [3.05, 3.63) is 36.0 Å². The monoisotopic (exact) mass is 313 g/mol. The Morgan fingerprint density at radius 2 is 1.57 bits per heavy atom. The summed E-state index contributed by atoms with van der Waals surface area (Å²) in [5.74, 6) is 0. The molecular formula is C19H27N3O. The lowest BCUT2D eigenvalue weighted by Gasteiger charge is -2.28. The predicted molar refractivity (Wildman–Crippen MR) is 95.8 cm³/mol. The molecule has 0 unspecified atom stereocenters. The highest BCUT2D eigenvalue weighted by atomic mass is 16.2. The second kappa shape index (κ2) is 8.04. The van der Waals surface area contributed by atoms with Crippen molar-refractivity contribution in [1.82, 2.24) is 5.32 Å². The van der Waals surface area contributed by atoms with Crippen molar-refractivity contribution in [2.24, 2.45) is 0 Å². The van der Waals surface area contributed by atoms with Gasteiger partial charge in [-0.1, -0.05) is 12.0 Å². The number of hydrogen-bond donors (Lipinski definition) is 2. The van der Waals surface area contributed by atoms with Gasteiger partial charge in [0.2, 0.25) is 0 Å². The summed E-state index contributed by atoms with van der Waals surface area (Å²) in [6.07, 6.45) is 11.8. The summed E-state index contributed by atoms with van der Waals surface area (Å²) in [7, 11) is 0. The normalized spacial score (nSPS) is 18.4. The van der Waals surface area contributed by atoms with Crippen molar-refractivity contribution in [2.45, 2.75) is 51.4 Å². The second-order valence-corrected chi connectivity index (χ2v) is 6.56. The smallest absolute Gasteiger partial charge is 0.323 e. The molecule has 0 bridgehead atoms. The fourth-order valence-corrected chi connectivity index (χ4v) is 3.39. The molecule has 1 saturated carbocycles. The molecule has 4 nitrogen and oxygen atoms in total. The number of nitrogens with zero attached hydrogens (tertiary/aromatic N) is 1. The molecule has 0 atom stereocenters. The fourth-order valence-electron chi connectivity index (χ4n) is 3.39. The molecule has 2 fully saturated rings. The number of carbonyl (C=O) groups is 1. The first-order valence-electron chi connectivity index (χ1n) is 8.92. The number of allylic oxidation sites excluding steroid dienone is 1. The number of rotatable bonds is 3. The SMILES string of the molecule is O=C(NC=C1CCCCC1)Nc1ccc(N2CCCCC2)cc1. The Hall–Kier alpha value is -1.97. The summed E-state index contributed by atoms with van der Waals surface area (Å²) in [6, 6.07) is 8.00. The first kappa shape index (κ1) is 15.9. The molecule has 23 heavy (non-hydrogen) atoms. The van der Waals surface area contributed by atoms with Gasteiger partial charge in [-0.2, -0.15) is 0 Å². The molecule has 2 N–H and O–H groups in total. The van der Waals surface area contributed by atoms with Crippen LogP contribution in [-0.2, 0) is 0 Å². The molecule has 1 heterocycles. The summed E-state index contributed by atoms with van der Waals surface area (Å²) in [4.78, 5) is 14.4. The van der Waals surface area contributed by atoms with Crippen LogP contribution in [0.4, 0.5) is 16.2 Å². The van der Waals surface area contributed by atoms with Crippen LogP contribution < -0.4 is 15.5 Å². The number of hydrogen-bond acceptors (Lipinski definition) is 2. The van der Waals surface area contributed by atoms with Crippen LogP contribution in [0.1, 0.15) is 51.4 Å². The van der Waals surface area contributed by atoms with Gasteiger partial charge in [0.05, 0.1) is 0 Å². The molecule has 4 heteroatoms. The van der Waals surface area contributed by atoms with E-state index in [1.165, 1.54) is 49.8 Å². The molecule has 3 rings (SSSR count). The van der Waals surface area contributed by atoms with Crippen LogP contribution in [0.5, 0.6) is 0 Å². The van der Waals surface area contributed by atoms with Crippen molar-refractivity contribution in [2.75, 3.05) is 23.3 Å². The highest BCUT2D eigenvalue weighted by molar-refractivity contribution is 5.90. The topological polar surface area (TPSA) is 44.4 Å². The van der Waals surface area contributed by atoms with Gasteiger partial charge in [-0.25, -0.2) is 4.79 Å². The second-order valence-electron chi connectivity index (χ2n) is 6.56. The van der Waals surface area contributed by atoms with Crippen LogP contribution in [0, 0.1) is 0 Å². The van der Waals surface area contributed by atoms with Gasteiger partial charge in [-0.3, -0.25) is 0 Å². The lowest BCUT2D eigenvalue weighted by Crippen LogP contribution is -2.29. The maximum atomic E-state index is 12.0. The quantitative estimate of drug-likeness (QED) is 0.853. The summed E-state index contributed by atoms with van der Waals surface area (Å²) in [6.45, 7) is 2.28. The largest absolute Gasteiger partial charge is 0.372 e. The Bertz CT molecular complexity index is 536. The molecule has 1 aliphatic carbocycles. The van der Waals surface area contributed by atoms with E-state index in [1.54, 1.807) is 0 Å². The third-order valence-corrected chi connectivity index (χ3v) is 4.75. The van der Waals surface area contributed by atoms with Crippen LogP contribution in [0.2, 0.25) is 0 Å². The average Bonchev–Trinajstić information content (AvgIpc) is 2.62. The maximum Gasteiger partial charge on any atom is 0.323 e. The third-order valence-electron chi connectivity index (χ3n) is 4.75. The van der Waals surface area contributed by atoms with Crippen LogP contribution in [0.3, 0.4) is 0 Å².